The second kappa shape index (κ2) is 11.5. The number of carboxylic acids is 1. The van der Waals surface area contributed by atoms with Crippen LogP contribution in [0.15, 0.2) is 89.9 Å². The van der Waals surface area contributed by atoms with Crippen LogP contribution in [-0.2, 0) is 17.8 Å². The van der Waals surface area contributed by atoms with Gasteiger partial charge >= 0.3 is 5.97 Å². The molecular weight excluding hydrogens is 511 g/mol. The molecule has 188 valence electrons. The molecule has 2 N–H and O–H groups in total. The summed E-state index contributed by atoms with van der Waals surface area (Å²) in [6.07, 6.45) is 1.66. The molecule has 0 bridgehead atoms. The highest BCUT2D eigenvalue weighted by Gasteiger charge is 2.23. The molecule has 0 fully saturated rings. The predicted molar refractivity (Wildman–Crippen MR) is 145 cm³/mol. The minimum Gasteiger partial charge on any atom is -0.480 e. The molecule has 0 saturated carbocycles. The molecule has 0 aliphatic rings. The van der Waals surface area contributed by atoms with Crippen molar-refractivity contribution < 1.29 is 14.7 Å². The number of carbonyl (C=O) groups excluding carboxylic acids is 1. The minimum atomic E-state index is -1.17. The van der Waals surface area contributed by atoms with Gasteiger partial charge in [-0.25, -0.2) is 4.79 Å². The molecule has 0 aliphatic heterocycles. The minimum absolute atomic E-state index is 0.0542. The maximum absolute atomic E-state index is 13.2. The Hall–Kier alpha value is -3.87. The number of amides is 1. The number of hydrogen-bond acceptors (Lipinski definition) is 3. The summed E-state index contributed by atoms with van der Waals surface area (Å²) < 4.78 is 1.56. The molecule has 37 heavy (non-hydrogen) atoms. The number of nitrogens with zero attached hydrogens (tertiary/aromatic N) is 1. The zero-order valence-corrected chi connectivity index (χ0v) is 21.5. The van der Waals surface area contributed by atoms with Gasteiger partial charge in [0.25, 0.3) is 11.5 Å². The number of halogens is 2. The number of nitrogens with one attached hydrogen (secondary N) is 1. The van der Waals surface area contributed by atoms with Gasteiger partial charge in [0.15, 0.2) is 0 Å². The summed E-state index contributed by atoms with van der Waals surface area (Å²) in [5.41, 5.74) is 3.46. The predicted octanol–water partition coefficient (Wildman–Crippen LogP) is 5.60. The molecule has 0 radical (unpaired) electrons. The monoisotopic (exact) mass is 534 g/mol. The molecule has 0 unspecified atom stereocenters. The molecule has 3 aromatic carbocycles. The Balaban J connectivity index is 1.54. The Labute approximate surface area is 224 Å². The number of benzene rings is 3. The van der Waals surface area contributed by atoms with Crippen molar-refractivity contribution in [1.29, 1.82) is 0 Å². The lowest BCUT2D eigenvalue weighted by molar-refractivity contribution is -0.139. The number of rotatable bonds is 8. The molecule has 1 atom stereocenters. The zero-order chi connectivity index (χ0) is 26.5. The second-order valence-electron chi connectivity index (χ2n) is 8.69. The second-order valence-corrected chi connectivity index (χ2v) is 9.53. The zero-order valence-electron chi connectivity index (χ0n) is 19.9. The molecule has 6 nitrogen and oxygen atoms in total. The van der Waals surface area contributed by atoms with Gasteiger partial charge in [0, 0.05) is 18.2 Å². The van der Waals surface area contributed by atoms with Gasteiger partial charge in [0.05, 0.1) is 22.2 Å². The van der Waals surface area contributed by atoms with E-state index in [1.165, 1.54) is 0 Å². The molecule has 0 saturated heterocycles. The Morgan fingerprint density at radius 2 is 1.65 bits per heavy atom. The molecule has 4 aromatic rings. The van der Waals surface area contributed by atoms with Crippen LogP contribution >= 0.6 is 23.2 Å². The van der Waals surface area contributed by atoms with Gasteiger partial charge in [-0.3, -0.25) is 9.59 Å². The van der Waals surface area contributed by atoms with E-state index in [2.05, 4.69) is 5.32 Å². The van der Waals surface area contributed by atoms with Crippen LogP contribution in [0.4, 0.5) is 0 Å². The largest absolute Gasteiger partial charge is 0.480 e. The third kappa shape index (κ3) is 6.28. The van der Waals surface area contributed by atoms with Crippen LogP contribution in [0.3, 0.4) is 0 Å². The number of aryl methyl sites for hydroxylation is 1. The Morgan fingerprint density at radius 1 is 0.946 bits per heavy atom. The third-order valence-corrected chi connectivity index (χ3v) is 6.53. The van der Waals surface area contributed by atoms with Gasteiger partial charge in [-0.05, 0) is 41.3 Å². The SMILES string of the molecule is Cc1cccc(Cl)c1C(=O)N[C@@H](Cc1ccc(-c2cc(Cl)cn(Cc3ccccc3)c2=O)cc1)C(=O)O. The summed E-state index contributed by atoms with van der Waals surface area (Å²) in [5.74, 6) is -1.72. The number of pyridine rings is 1. The fraction of sp³-hybridized carbons (Fsp3) is 0.138. The van der Waals surface area contributed by atoms with Crippen molar-refractivity contribution in [2.75, 3.05) is 0 Å². The smallest absolute Gasteiger partial charge is 0.326 e. The van der Waals surface area contributed by atoms with Gasteiger partial charge in [0.2, 0.25) is 0 Å². The average Bonchev–Trinajstić information content (AvgIpc) is 2.86. The van der Waals surface area contributed by atoms with Gasteiger partial charge in [-0.1, -0.05) is 89.9 Å². The highest BCUT2D eigenvalue weighted by molar-refractivity contribution is 6.34. The van der Waals surface area contributed by atoms with E-state index >= 15 is 0 Å². The van der Waals surface area contributed by atoms with Crippen molar-refractivity contribution in [1.82, 2.24) is 9.88 Å². The maximum Gasteiger partial charge on any atom is 0.326 e. The van der Waals surface area contributed by atoms with Gasteiger partial charge < -0.3 is 15.0 Å². The Kier molecular flexibility index (Phi) is 8.11. The summed E-state index contributed by atoms with van der Waals surface area (Å²) in [4.78, 5) is 37.8. The van der Waals surface area contributed by atoms with E-state index < -0.39 is 17.9 Å². The van der Waals surface area contributed by atoms with Crippen LogP contribution in [0.25, 0.3) is 11.1 Å². The molecule has 8 heteroatoms. The Morgan fingerprint density at radius 3 is 2.30 bits per heavy atom. The maximum atomic E-state index is 13.2. The quantitative estimate of drug-likeness (QED) is 0.307. The van der Waals surface area contributed by atoms with Crippen LogP contribution in [0.1, 0.15) is 27.0 Å². The van der Waals surface area contributed by atoms with Gasteiger partial charge in [-0.15, -0.1) is 0 Å². The van der Waals surface area contributed by atoms with Gasteiger partial charge in [0.1, 0.15) is 6.04 Å². The number of hydrogen-bond donors (Lipinski definition) is 2. The molecule has 4 rings (SSSR count). The van der Waals surface area contributed by atoms with Crippen LogP contribution < -0.4 is 10.9 Å². The van der Waals surface area contributed by atoms with Crippen LogP contribution in [-0.4, -0.2) is 27.6 Å². The lowest BCUT2D eigenvalue weighted by atomic mass is 10.0. The number of carboxylic acid groups (broad SMARTS) is 1. The molecule has 0 spiro atoms. The van der Waals surface area contributed by atoms with E-state index in [-0.39, 0.29) is 22.6 Å². The highest BCUT2D eigenvalue weighted by atomic mass is 35.5. The molecule has 1 amide bonds. The topological polar surface area (TPSA) is 88.4 Å². The van der Waals surface area contributed by atoms with Crippen molar-refractivity contribution in [2.45, 2.75) is 25.9 Å². The first-order valence-corrected chi connectivity index (χ1v) is 12.3. The normalized spacial score (nSPS) is 11.6. The van der Waals surface area contributed by atoms with Crippen LogP contribution in [0.2, 0.25) is 10.0 Å². The fourth-order valence-electron chi connectivity index (χ4n) is 4.11. The molecular formula is C29H24Cl2N2O4. The standard InChI is InChI=1S/C29H24Cl2N2O4/c1-18-6-5-9-24(31)26(18)27(34)32-25(29(36)37)14-19-10-12-21(13-11-19)23-15-22(30)17-33(28(23)35)16-20-7-3-2-4-8-20/h2-13,15,17,25H,14,16H2,1H3,(H,32,34)(H,36,37)/t25-/m0/s1. The average molecular weight is 535 g/mol. The summed E-state index contributed by atoms with van der Waals surface area (Å²) in [7, 11) is 0. The third-order valence-electron chi connectivity index (χ3n) is 6.01. The van der Waals surface area contributed by atoms with E-state index in [9.17, 15) is 19.5 Å². The number of aromatic nitrogens is 1. The Bertz CT molecular complexity index is 1480. The van der Waals surface area contributed by atoms with E-state index in [4.69, 9.17) is 23.2 Å². The van der Waals surface area contributed by atoms with Crippen LogP contribution in [0.5, 0.6) is 0 Å². The number of carbonyl (C=O) groups is 2. The van der Waals surface area contributed by atoms with E-state index in [1.54, 1.807) is 66.2 Å². The van der Waals surface area contributed by atoms with Crippen molar-refractivity contribution >= 4 is 35.1 Å². The molecule has 1 aromatic heterocycles. The molecule has 0 aliphatic carbocycles. The van der Waals surface area contributed by atoms with Crippen molar-refractivity contribution in [3.63, 3.8) is 0 Å². The summed E-state index contributed by atoms with van der Waals surface area (Å²) in [6.45, 7) is 2.12. The first-order valence-electron chi connectivity index (χ1n) is 11.5. The first-order chi connectivity index (χ1) is 17.7. The fourth-order valence-corrected chi connectivity index (χ4v) is 4.64. The lowest BCUT2D eigenvalue weighted by Crippen LogP contribution is -2.42. The lowest BCUT2D eigenvalue weighted by Gasteiger charge is -2.16. The molecule has 1 heterocycles. The van der Waals surface area contributed by atoms with E-state index in [0.717, 1.165) is 5.56 Å². The highest BCUT2D eigenvalue weighted by Crippen LogP contribution is 2.22. The van der Waals surface area contributed by atoms with Gasteiger partial charge in [-0.2, -0.15) is 0 Å². The summed E-state index contributed by atoms with van der Waals surface area (Å²) in [6, 6.07) is 22.1. The van der Waals surface area contributed by atoms with Crippen molar-refractivity contribution in [2.24, 2.45) is 0 Å². The first kappa shape index (κ1) is 26.2. The number of aliphatic carboxylic acids is 1. The van der Waals surface area contributed by atoms with Crippen molar-refractivity contribution in [3.05, 3.63) is 128 Å². The summed E-state index contributed by atoms with van der Waals surface area (Å²) in [5, 5.41) is 13.0. The van der Waals surface area contributed by atoms with Crippen LogP contribution in [0, 0.1) is 6.92 Å². The van der Waals surface area contributed by atoms with E-state index in [1.807, 2.05) is 30.3 Å². The van der Waals surface area contributed by atoms with E-state index in [0.29, 0.717) is 33.8 Å². The van der Waals surface area contributed by atoms with Crippen molar-refractivity contribution in [3.8, 4) is 11.1 Å². The summed E-state index contributed by atoms with van der Waals surface area (Å²) >= 11 is 12.5.